The number of carbonyl (C=O) groups excluding carboxylic acids is 1. The molecule has 4 rings (SSSR count). The van der Waals surface area contributed by atoms with Gasteiger partial charge in [-0.2, -0.15) is 13.2 Å². The number of rotatable bonds is 4. The van der Waals surface area contributed by atoms with Crippen molar-refractivity contribution in [2.45, 2.75) is 31.5 Å². The number of hydrogen-bond acceptors (Lipinski definition) is 2. The van der Waals surface area contributed by atoms with E-state index < -0.39 is 11.7 Å². The summed E-state index contributed by atoms with van der Waals surface area (Å²) in [6, 6.07) is 14.3. The van der Waals surface area contributed by atoms with E-state index in [0.29, 0.717) is 12.2 Å². The maximum Gasteiger partial charge on any atom is 0.416 e. The van der Waals surface area contributed by atoms with Gasteiger partial charge in [0.25, 0.3) is 0 Å². The van der Waals surface area contributed by atoms with Crippen molar-refractivity contribution in [1.29, 1.82) is 0 Å². The molecule has 1 aliphatic carbocycles. The third kappa shape index (κ3) is 3.56. The molecule has 0 radical (unpaired) electrons. The van der Waals surface area contributed by atoms with Crippen molar-refractivity contribution in [1.82, 2.24) is 5.32 Å². The largest absolute Gasteiger partial charge is 0.459 e. The summed E-state index contributed by atoms with van der Waals surface area (Å²) >= 11 is 0. The molecule has 1 amide bonds. The molecule has 1 saturated carbocycles. The van der Waals surface area contributed by atoms with Gasteiger partial charge in [0.15, 0.2) is 0 Å². The molecule has 2 aromatic carbocycles. The van der Waals surface area contributed by atoms with E-state index in [-0.39, 0.29) is 23.8 Å². The molecule has 1 heterocycles. The molecule has 0 saturated heterocycles. The van der Waals surface area contributed by atoms with E-state index in [9.17, 15) is 18.0 Å². The smallest absolute Gasteiger partial charge is 0.416 e. The minimum Gasteiger partial charge on any atom is -0.459 e. The monoisotopic (exact) mass is 373 g/mol. The first-order chi connectivity index (χ1) is 12.8. The first kappa shape index (κ1) is 17.6. The molecule has 0 spiro atoms. The Kier molecular flexibility index (Phi) is 4.21. The second kappa shape index (κ2) is 6.44. The predicted molar refractivity (Wildman–Crippen MR) is 95.1 cm³/mol. The summed E-state index contributed by atoms with van der Waals surface area (Å²) < 4.78 is 43.7. The lowest BCUT2D eigenvalue weighted by molar-refractivity contribution is -0.137. The molecular weight excluding hydrogens is 355 g/mol. The first-order valence-electron chi connectivity index (χ1n) is 8.79. The molecule has 1 N–H and O–H groups in total. The van der Waals surface area contributed by atoms with E-state index in [1.54, 1.807) is 0 Å². The van der Waals surface area contributed by atoms with Crippen molar-refractivity contribution in [3.63, 3.8) is 0 Å². The van der Waals surface area contributed by atoms with Crippen LogP contribution < -0.4 is 5.32 Å². The van der Waals surface area contributed by atoms with Gasteiger partial charge >= 0.3 is 6.18 Å². The van der Waals surface area contributed by atoms with Crippen LogP contribution in [0.5, 0.6) is 0 Å². The molecule has 1 aromatic heterocycles. The van der Waals surface area contributed by atoms with Gasteiger partial charge in [-0.25, -0.2) is 0 Å². The van der Waals surface area contributed by atoms with Crippen molar-refractivity contribution in [2.24, 2.45) is 5.92 Å². The standard InChI is InChI=1S/C21H18F3NO2/c1-12(19-10-14-4-2-3-5-18(14)27-19)25-20(26)17-11-16(17)13-6-8-15(9-7-13)21(22,23)24/h2-10,12,16-17H,11H2,1H3,(H,25,26)/t12-,16+,17-/m0/s1. The topological polar surface area (TPSA) is 42.2 Å². The number of amides is 1. The molecule has 140 valence electrons. The second-order valence-electron chi connectivity index (χ2n) is 6.99. The van der Waals surface area contributed by atoms with Crippen LogP contribution in [-0.2, 0) is 11.0 Å². The highest BCUT2D eigenvalue weighted by atomic mass is 19.4. The van der Waals surface area contributed by atoms with Crippen molar-refractivity contribution < 1.29 is 22.4 Å². The number of para-hydroxylation sites is 1. The van der Waals surface area contributed by atoms with Crippen LogP contribution in [0.2, 0.25) is 0 Å². The number of benzene rings is 2. The average molecular weight is 373 g/mol. The zero-order valence-electron chi connectivity index (χ0n) is 14.6. The summed E-state index contributed by atoms with van der Waals surface area (Å²) in [4.78, 5) is 12.5. The fraction of sp³-hybridized carbons (Fsp3) is 0.286. The number of nitrogens with one attached hydrogen (secondary N) is 1. The highest BCUT2D eigenvalue weighted by molar-refractivity contribution is 5.83. The summed E-state index contributed by atoms with van der Waals surface area (Å²) in [7, 11) is 0. The van der Waals surface area contributed by atoms with E-state index in [0.717, 1.165) is 28.7 Å². The third-order valence-electron chi connectivity index (χ3n) is 5.02. The molecule has 6 heteroatoms. The summed E-state index contributed by atoms with van der Waals surface area (Å²) in [5, 5.41) is 3.92. The fourth-order valence-corrected chi connectivity index (χ4v) is 3.38. The minimum atomic E-state index is -4.35. The lowest BCUT2D eigenvalue weighted by atomic mass is 10.1. The minimum absolute atomic E-state index is 0.0323. The van der Waals surface area contributed by atoms with Crippen molar-refractivity contribution in [3.8, 4) is 0 Å². The van der Waals surface area contributed by atoms with Gasteiger partial charge in [-0.3, -0.25) is 4.79 Å². The normalized spacial score (nSPS) is 20.4. The van der Waals surface area contributed by atoms with Gasteiger partial charge in [0.1, 0.15) is 11.3 Å². The van der Waals surface area contributed by atoms with E-state index in [1.807, 2.05) is 37.3 Å². The van der Waals surface area contributed by atoms with Gasteiger partial charge in [0, 0.05) is 11.3 Å². The first-order valence-corrected chi connectivity index (χ1v) is 8.79. The molecule has 0 aliphatic heterocycles. The van der Waals surface area contributed by atoms with Crippen LogP contribution in [0.3, 0.4) is 0 Å². The van der Waals surface area contributed by atoms with Gasteiger partial charge in [0.05, 0.1) is 11.6 Å². The summed E-state index contributed by atoms with van der Waals surface area (Å²) in [5.41, 5.74) is 0.855. The van der Waals surface area contributed by atoms with E-state index in [4.69, 9.17) is 4.42 Å². The summed E-state index contributed by atoms with van der Waals surface area (Å²) in [6.45, 7) is 1.85. The average Bonchev–Trinajstić information content (AvgIpc) is 3.32. The Morgan fingerprint density at radius 1 is 1.15 bits per heavy atom. The van der Waals surface area contributed by atoms with Gasteiger partial charge in [-0.15, -0.1) is 0 Å². The van der Waals surface area contributed by atoms with Crippen molar-refractivity contribution >= 4 is 16.9 Å². The lowest BCUT2D eigenvalue weighted by Crippen LogP contribution is -2.28. The van der Waals surface area contributed by atoms with Crippen molar-refractivity contribution in [2.75, 3.05) is 0 Å². The quantitative estimate of drug-likeness (QED) is 0.662. The van der Waals surface area contributed by atoms with Crippen LogP contribution in [0.15, 0.2) is 59.0 Å². The Labute approximate surface area is 154 Å². The Balaban J connectivity index is 1.39. The zero-order valence-corrected chi connectivity index (χ0v) is 14.6. The molecule has 27 heavy (non-hydrogen) atoms. The molecule has 3 nitrogen and oxygen atoms in total. The van der Waals surface area contributed by atoms with Crippen LogP contribution in [-0.4, -0.2) is 5.91 Å². The Hall–Kier alpha value is -2.76. The third-order valence-corrected chi connectivity index (χ3v) is 5.02. The second-order valence-corrected chi connectivity index (χ2v) is 6.99. The molecular formula is C21H18F3NO2. The Morgan fingerprint density at radius 3 is 2.52 bits per heavy atom. The zero-order chi connectivity index (χ0) is 19.2. The van der Waals surface area contributed by atoms with Crippen LogP contribution in [0.4, 0.5) is 13.2 Å². The van der Waals surface area contributed by atoms with Gasteiger partial charge < -0.3 is 9.73 Å². The molecule has 1 aliphatic rings. The summed E-state index contributed by atoms with van der Waals surface area (Å²) in [5.74, 6) is 0.327. The van der Waals surface area contributed by atoms with Crippen LogP contribution >= 0.6 is 0 Å². The number of furan rings is 1. The van der Waals surface area contributed by atoms with Crippen LogP contribution in [0, 0.1) is 5.92 Å². The SMILES string of the molecule is C[C@H](NC(=O)[C@H]1C[C@@H]1c1ccc(C(F)(F)F)cc1)c1cc2ccccc2o1. The Bertz CT molecular complexity index is 942. The number of carbonyl (C=O) groups is 1. The predicted octanol–water partition coefficient (Wildman–Crippen LogP) is 5.43. The maximum atomic E-state index is 12.6. The maximum absolute atomic E-state index is 12.6. The van der Waals surface area contributed by atoms with E-state index in [2.05, 4.69) is 5.32 Å². The highest BCUT2D eigenvalue weighted by Gasteiger charge is 2.44. The van der Waals surface area contributed by atoms with E-state index in [1.165, 1.54) is 12.1 Å². The van der Waals surface area contributed by atoms with Crippen LogP contribution in [0.25, 0.3) is 11.0 Å². The number of fused-ring (bicyclic) bond motifs is 1. The van der Waals surface area contributed by atoms with Crippen LogP contribution in [0.1, 0.15) is 42.2 Å². The van der Waals surface area contributed by atoms with Crippen molar-refractivity contribution in [3.05, 3.63) is 71.5 Å². The Morgan fingerprint density at radius 2 is 1.85 bits per heavy atom. The van der Waals surface area contributed by atoms with Gasteiger partial charge in [-0.05, 0) is 49.1 Å². The molecule has 0 bridgehead atoms. The molecule has 0 unspecified atom stereocenters. The highest BCUT2D eigenvalue weighted by Crippen LogP contribution is 2.48. The summed E-state index contributed by atoms with van der Waals surface area (Å²) in [6.07, 6.45) is -3.70. The van der Waals surface area contributed by atoms with Gasteiger partial charge in [-0.1, -0.05) is 30.3 Å². The molecule has 3 atom stereocenters. The van der Waals surface area contributed by atoms with E-state index >= 15 is 0 Å². The number of hydrogen-bond donors (Lipinski definition) is 1. The van der Waals surface area contributed by atoms with Gasteiger partial charge in [0.2, 0.25) is 5.91 Å². The number of alkyl halides is 3. The fourth-order valence-electron chi connectivity index (χ4n) is 3.38. The lowest BCUT2D eigenvalue weighted by Gasteiger charge is -2.11. The molecule has 1 fully saturated rings. The number of halogens is 3. The molecule has 3 aromatic rings.